The van der Waals surface area contributed by atoms with Crippen molar-refractivity contribution in [3.05, 3.63) is 18.6 Å². The third-order valence-electron chi connectivity index (χ3n) is 3.20. The van der Waals surface area contributed by atoms with Crippen LogP contribution in [-0.2, 0) is 4.74 Å². The van der Waals surface area contributed by atoms with Crippen LogP contribution in [0.15, 0.2) is 18.6 Å². The van der Waals surface area contributed by atoms with E-state index < -0.39 is 0 Å². The van der Waals surface area contributed by atoms with Crippen LogP contribution in [0.4, 0.5) is 5.82 Å². The summed E-state index contributed by atoms with van der Waals surface area (Å²) in [6, 6.07) is 2.12. The van der Waals surface area contributed by atoms with E-state index in [0.717, 1.165) is 17.5 Å². The van der Waals surface area contributed by atoms with Gasteiger partial charge in [-0.2, -0.15) is 0 Å². The third kappa shape index (κ3) is 1.65. The molecule has 0 unspecified atom stereocenters. The number of rotatable bonds is 2. The molecule has 2 atom stereocenters. The normalized spacial score (nSPS) is 24.5. The highest BCUT2D eigenvalue weighted by molar-refractivity contribution is 5.86. The predicted molar refractivity (Wildman–Crippen MR) is 62.4 cm³/mol. The lowest BCUT2D eigenvalue weighted by molar-refractivity contribution is 0.0576. The molecule has 6 nitrogen and oxygen atoms in total. The highest BCUT2D eigenvalue weighted by atomic mass is 16.5. The number of anilines is 1. The minimum atomic E-state index is -0.0726. The molecule has 1 fully saturated rings. The van der Waals surface area contributed by atoms with Gasteiger partial charge < -0.3 is 20.1 Å². The van der Waals surface area contributed by atoms with E-state index >= 15 is 0 Å². The van der Waals surface area contributed by atoms with E-state index in [1.807, 2.05) is 16.8 Å². The Bertz CT molecular complexity index is 539. The largest absolute Gasteiger partial charge is 0.394 e. The van der Waals surface area contributed by atoms with Crippen molar-refractivity contribution in [2.24, 2.45) is 0 Å². The topological polar surface area (TPSA) is 86.2 Å². The van der Waals surface area contributed by atoms with Gasteiger partial charge in [0, 0.05) is 6.20 Å². The van der Waals surface area contributed by atoms with Gasteiger partial charge in [0.2, 0.25) is 0 Å². The number of aromatic nitrogens is 3. The number of nitrogens with two attached hydrogens (primary N) is 1. The first-order chi connectivity index (χ1) is 8.29. The molecule has 3 heterocycles. The molecule has 3 rings (SSSR count). The molecule has 0 spiro atoms. The van der Waals surface area contributed by atoms with E-state index in [-0.39, 0.29) is 18.8 Å². The van der Waals surface area contributed by atoms with Crippen molar-refractivity contribution in [3.8, 4) is 0 Å². The molecule has 90 valence electrons. The summed E-state index contributed by atoms with van der Waals surface area (Å²) in [5, 5.41) is 9.92. The smallest absolute Gasteiger partial charge is 0.145 e. The SMILES string of the molecule is Nc1ncnc2c1ccn2[C@@H]1CO[C@H](CO)C1. The Morgan fingerprint density at radius 1 is 1.53 bits per heavy atom. The van der Waals surface area contributed by atoms with Gasteiger partial charge in [-0.05, 0) is 12.5 Å². The first-order valence-electron chi connectivity index (χ1n) is 5.59. The van der Waals surface area contributed by atoms with E-state index in [9.17, 15) is 0 Å². The molecule has 0 aromatic carbocycles. The van der Waals surface area contributed by atoms with Crippen LogP contribution in [0.25, 0.3) is 11.0 Å². The van der Waals surface area contributed by atoms with E-state index in [1.165, 1.54) is 6.33 Å². The molecule has 0 bridgehead atoms. The van der Waals surface area contributed by atoms with Gasteiger partial charge in [-0.3, -0.25) is 0 Å². The van der Waals surface area contributed by atoms with E-state index in [4.69, 9.17) is 15.6 Å². The molecule has 1 aliphatic heterocycles. The number of hydrogen-bond donors (Lipinski definition) is 2. The minimum Gasteiger partial charge on any atom is -0.394 e. The maximum absolute atomic E-state index is 9.06. The molecule has 2 aromatic rings. The van der Waals surface area contributed by atoms with Gasteiger partial charge >= 0.3 is 0 Å². The molecule has 2 aromatic heterocycles. The number of ether oxygens (including phenoxy) is 1. The van der Waals surface area contributed by atoms with E-state index in [0.29, 0.717) is 12.4 Å². The molecule has 0 amide bonds. The zero-order chi connectivity index (χ0) is 11.8. The van der Waals surface area contributed by atoms with Gasteiger partial charge in [-0.15, -0.1) is 0 Å². The fraction of sp³-hybridized carbons (Fsp3) is 0.455. The Morgan fingerprint density at radius 2 is 2.41 bits per heavy atom. The first-order valence-corrected chi connectivity index (χ1v) is 5.59. The van der Waals surface area contributed by atoms with Gasteiger partial charge in [0.1, 0.15) is 17.8 Å². The molecule has 1 aliphatic rings. The van der Waals surface area contributed by atoms with E-state index in [1.54, 1.807) is 0 Å². The van der Waals surface area contributed by atoms with Crippen LogP contribution < -0.4 is 5.73 Å². The number of fused-ring (bicyclic) bond motifs is 1. The summed E-state index contributed by atoms with van der Waals surface area (Å²) in [6.45, 7) is 0.658. The monoisotopic (exact) mass is 234 g/mol. The lowest BCUT2D eigenvalue weighted by Gasteiger charge is -2.11. The maximum atomic E-state index is 9.06. The lowest BCUT2D eigenvalue weighted by atomic mass is 10.2. The van der Waals surface area contributed by atoms with Crippen molar-refractivity contribution in [2.45, 2.75) is 18.6 Å². The quantitative estimate of drug-likeness (QED) is 0.782. The summed E-state index contributed by atoms with van der Waals surface area (Å²) >= 11 is 0. The fourth-order valence-corrected chi connectivity index (χ4v) is 2.29. The summed E-state index contributed by atoms with van der Waals surface area (Å²) in [6.07, 6.45) is 4.14. The fourth-order valence-electron chi connectivity index (χ4n) is 2.29. The van der Waals surface area contributed by atoms with Crippen molar-refractivity contribution in [3.63, 3.8) is 0 Å². The first kappa shape index (κ1) is 10.5. The van der Waals surface area contributed by atoms with Crippen molar-refractivity contribution < 1.29 is 9.84 Å². The summed E-state index contributed by atoms with van der Waals surface area (Å²) < 4.78 is 7.52. The van der Waals surface area contributed by atoms with E-state index in [2.05, 4.69) is 9.97 Å². The second-order valence-electron chi connectivity index (χ2n) is 4.25. The van der Waals surface area contributed by atoms with Crippen LogP contribution in [0.3, 0.4) is 0 Å². The van der Waals surface area contributed by atoms with Crippen LogP contribution in [0.2, 0.25) is 0 Å². The molecule has 0 aliphatic carbocycles. The Kier molecular flexibility index (Phi) is 2.45. The summed E-state index contributed by atoms with van der Waals surface area (Å²) in [7, 11) is 0. The van der Waals surface area contributed by atoms with Crippen molar-refractivity contribution in [1.82, 2.24) is 14.5 Å². The molecule has 1 saturated heterocycles. The Labute approximate surface area is 98.0 Å². The van der Waals surface area contributed by atoms with Crippen LogP contribution in [0.5, 0.6) is 0 Å². The highest BCUT2D eigenvalue weighted by Crippen LogP contribution is 2.28. The van der Waals surface area contributed by atoms with Crippen LogP contribution >= 0.6 is 0 Å². The molecule has 6 heteroatoms. The molecule has 17 heavy (non-hydrogen) atoms. The zero-order valence-electron chi connectivity index (χ0n) is 9.28. The van der Waals surface area contributed by atoms with Crippen LogP contribution in [0.1, 0.15) is 12.5 Å². The number of nitrogen functional groups attached to an aromatic ring is 1. The van der Waals surface area contributed by atoms with Crippen LogP contribution in [0, 0.1) is 0 Å². The minimum absolute atomic E-state index is 0.0623. The van der Waals surface area contributed by atoms with Gasteiger partial charge in [-0.25, -0.2) is 9.97 Å². The Balaban J connectivity index is 1.99. The van der Waals surface area contributed by atoms with Crippen LogP contribution in [-0.4, -0.2) is 39.0 Å². The molecule has 0 saturated carbocycles. The molecular weight excluding hydrogens is 220 g/mol. The molecular formula is C11H14N4O2. The number of aliphatic hydroxyl groups is 1. The van der Waals surface area contributed by atoms with Gasteiger partial charge in [0.05, 0.1) is 30.7 Å². The van der Waals surface area contributed by atoms with Crippen molar-refractivity contribution in [2.75, 3.05) is 18.9 Å². The Hall–Kier alpha value is -1.66. The lowest BCUT2D eigenvalue weighted by Crippen LogP contribution is -2.11. The zero-order valence-corrected chi connectivity index (χ0v) is 9.28. The summed E-state index contributed by atoms with van der Waals surface area (Å²) in [5.74, 6) is 0.492. The molecule has 0 radical (unpaired) electrons. The molecule has 3 N–H and O–H groups in total. The number of nitrogens with zero attached hydrogens (tertiary/aromatic N) is 3. The second kappa shape index (κ2) is 3.97. The Morgan fingerprint density at radius 3 is 3.18 bits per heavy atom. The van der Waals surface area contributed by atoms with Crippen molar-refractivity contribution >= 4 is 16.9 Å². The second-order valence-corrected chi connectivity index (χ2v) is 4.25. The standard InChI is InChI=1S/C11H14N4O2/c12-10-9-1-2-15(11(9)14-6-13-10)7-3-8(4-16)17-5-7/h1-2,6-8,16H,3-5H2,(H2,12,13,14)/t7-,8-/m0/s1. The summed E-state index contributed by atoms with van der Waals surface area (Å²) in [4.78, 5) is 8.21. The van der Waals surface area contributed by atoms with Gasteiger partial charge in [0.25, 0.3) is 0 Å². The highest BCUT2D eigenvalue weighted by Gasteiger charge is 2.27. The maximum Gasteiger partial charge on any atom is 0.145 e. The number of aliphatic hydroxyl groups excluding tert-OH is 1. The van der Waals surface area contributed by atoms with Gasteiger partial charge in [0.15, 0.2) is 0 Å². The average Bonchev–Trinajstić information content (AvgIpc) is 2.94. The third-order valence-corrected chi connectivity index (χ3v) is 3.20. The predicted octanol–water partition coefficient (Wildman–Crippen LogP) is 0.336. The van der Waals surface area contributed by atoms with Gasteiger partial charge in [-0.1, -0.05) is 0 Å². The summed E-state index contributed by atoms with van der Waals surface area (Å²) in [5.41, 5.74) is 6.61. The average molecular weight is 234 g/mol. The number of hydrogen-bond acceptors (Lipinski definition) is 5. The van der Waals surface area contributed by atoms with Crippen molar-refractivity contribution in [1.29, 1.82) is 0 Å².